The molecule has 1 fully saturated rings. The van der Waals surface area contributed by atoms with E-state index in [0.29, 0.717) is 24.5 Å². The first kappa shape index (κ1) is 24.1. The lowest BCUT2D eigenvalue weighted by atomic mass is 9.74. The van der Waals surface area contributed by atoms with E-state index in [1.165, 1.54) is 0 Å². The van der Waals surface area contributed by atoms with Crippen LogP contribution >= 0.6 is 0 Å². The highest BCUT2D eigenvalue weighted by molar-refractivity contribution is 6.30. The molecule has 1 aromatic heterocycles. The Kier molecular flexibility index (Phi) is 7.25. The molecule has 0 bridgehead atoms. The van der Waals surface area contributed by atoms with E-state index in [0.717, 1.165) is 28.1 Å². The smallest absolute Gasteiger partial charge is 0.335 e. The lowest BCUT2D eigenvalue weighted by Crippen LogP contribution is -2.65. The van der Waals surface area contributed by atoms with Gasteiger partial charge in [0.15, 0.2) is 0 Å². The second kappa shape index (κ2) is 10.5. The SMILES string of the molecule is CCOc1ccc(C[C@@]2(CCc3ccccn3)C(=O)NC(=O)N(c3ccc(CC)cc3)C2=O)cc1. The van der Waals surface area contributed by atoms with Crippen LogP contribution in [0.1, 0.15) is 37.1 Å². The number of imide groups is 2. The Labute approximate surface area is 205 Å². The summed E-state index contributed by atoms with van der Waals surface area (Å²) in [5.74, 6) is -0.398. The Morgan fingerprint density at radius 3 is 2.26 bits per heavy atom. The van der Waals surface area contributed by atoms with Crippen molar-refractivity contribution in [2.45, 2.75) is 39.5 Å². The van der Waals surface area contributed by atoms with Crippen molar-refractivity contribution in [3.05, 3.63) is 89.7 Å². The number of urea groups is 1. The molecule has 7 nitrogen and oxygen atoms in total. The number of carbonyl (C=O) groups excluding carboxylic acids is 3. The van der Waals surface area contributed by atoms with Crippen molar-refractivity contribution in [2.24, 2.45) is 5.41 Å². The van der Waals surface area contributed by atoms with E-state index in [9.17, 15) is 14.4 Å². The van der Waals surface area contributed by atoms with Crippen LogP contribution in [-0.2, 0) is 28.9 Å². The third-order valence-corrected chi connectivity index (χ3v) is 6.35. The Morgan fingerprint density at radius 2 is 1.63 bits per heavy atom. The summed E-state index contributed by atoms with van der Waals surface area (Å²) in [6.45, 7) is 4.48. The highest BCUT2D eigenvalue weighted by Gasteiger charge is 2.54. The molecule has 4 rings (SSSR count). The van der Waals surface area contributed by atoms with Gasteiger partial charge in [-0.25, -0.2) is 9.69 Å². The van der Waals surface area contributed by atoms with E-state index >= 15 is 0 Å². The number of rotatable bonds is 9. The van der Waals surface area contributed by atoms with E-state index in [4.69, 9.17) is 4.74 Å². The van der Waals surface area contributed by atoms with Crippen LogP contribution in [0.25, 0.3) is 0 Å². The van der Waals surface area contributed by atoms with Gasteiger partial charge < -0.3 is 4.74 Å². The van der Waals surface area contributed by atoms with E-state index in [-0.39, 0.29) is 12.8 Å². The van der Waals surface area contributed by atoms with E-state index < -0.39 is 23.3 Å². The van der Waals surface area contributed by atoms with Crippen LogP contribution < -0.4 is 15.0 Å². The zero-order valence-electron chi connectivity index (χ0n) is 20.0. The van der Waals surface area contributed by atoms with E-state index in [1.807, 2.05) is 68.4 Å². The van der Waals surface area contributed by atoms with Crippen molar-refractivity contribution in [2.75, 3.05) is 11.5 Å². The van der Waals surface area contributed by atoms with Gasteiger partial charge in [-0.05, 0) is 80.1 Å². The Balaban J connectivity index is 1.71. The zero-order chi connectivity index (χ0) is 24.8. The van der Waals surface area contributed by atoms with Gasteiger partial charge in [0.2, 0.25) is 5.91 Å². The number of nitrogens with one attached hydrogen (secondary N) is 1. The number of hydrogen-bond donors (Lipinski definition) is 1. The number of amides is 4. The first-order valence-electron chi connectivity index (χ1n) is 11.9. The van der Waals surface area contributed by atoms with Gasteiger partial charge in [0.05, 0.1) is 12.3 Å². The molecular formula is C28H29N3O4. The summed E-state index contributed by atoms with van der Waals surface area (Å²) in [4.78, 5) is 45.7. The summed E-state index contributed by atoms with van der Waals surface area (Å²) in [7, 11) is 0. The number of aryl methyl sites for hydroxylation is 2. The average molecular weight is 472 g/mol. The standard InChI is InChI=1S/C28H29N3O4/c1-3-20-8-12-23(13-9-20)31-26(33)28(25(32)30-27(31)34,17-16-22-7-5-6-18-29-22)19-21-10-14-24(15-11-21)35-4-2/h5-15,18H,3-4,16-17,19H2,1-2H3,(H,30,32,34)/t28-/m0/s1. The molecule has 1 aliphatic rings. The number of benzene rings is 2. The second-order valence-corrected chi connectivity index (χ2v) is 8.58. The molecule has 4 amide bonds. The summed E-state index contributed by atoms with van der Waals surface area (Å²) >= 11 is 0. The maximum Gasteiger partial charge on any atom is 0.335 e. The molecule has 180 valence electrons. The summed E-state index contributed by atoms with van der Waals surface area (Å²) in [6.07, 6.45) is 3.28. The first-order chi connectivity index (χ1) is 17.0. The monoisotopic (exact) mass is 471 g/mol. The zero-order valence-corrected chi connectivity index (χ0v) is 20.0. The molecule has 1 saturated heterocycles. The third-order valence-electron chi connectivity index (χ3n) is 6.35. The van der Waals surface area contributed by atoms with Crippen LogP contribution in [-0.4, -0.2) is 29.4 Å². The van der Waals surface area contributed by atoms with Gasteiger partial charge in [0.25, 0.3) is 5.91 Å². The molecule has 3 aromatic rings. The predicted molar refractivity (Wildman–Crippen MR) is 133 cm³/mol. The van der Waals surface area contributed by atoms with Gasteiger partial charge in [0.1, 0.15) is 11.2 Å². The van der Waals surface area contributed by atoms with Crippen molar-refractivity contribution in [1.82, 2.24) is 10.3 Å². The van der Waals surface area contributed by atoms with Gasteiger partial charge in [-0.15, -0.1) is 0 Å². The summed E-state index contributed by atoms with van der Waals surface area (Å²) in [5.41, 5.74) is 1.63. The molecule has 35 heavy (non-hydrogen) atoms. The van der Waals surface area contributed by atoms with Crippen molar-refractivity contribution < 1.29 is 19.1 Å². The average Bonchev–Trinajstić information content (AvgIpc) is 2.88. The van der Waals surface area contributed by atoms with Crippen molar-refractivity contribution in [3.63, 3.8) is 0 Å². The molecule has 7 heteroatoms. The fourth-order valence-corrected chi connectivity index (χ4v) is 4.36. The number of carbonyl (C=O) groups is 3. The lowest BCUT2D eigenvalue weighted by molar-refractivity contribution is -0.143. The fourth-order valence-electron chi connectivity index (χ4n) is 4.36. The Hall–Kier alpha value is -4.00. The molecule has 2 aromatic carbocycles. The number of hydrogen-bond acceptors (Lipinski definition) is 5. The fraction of sp³-hybridized carbons (Fsp3) is 0.286. The topological polar surface area (TPSA) is 88.6 Å². The predicted octanol–water partition coefficient (Wildman–Crippen LogP) is 4.49. The number of pyridine rings is 1. The van der Waals surface area contributed by atoms with E-state index in [2.05, 4.69) is 10.3 Å². The maximum atomic E-state index is 14.0. The van der Waals surface area contributed by atoms with Gasteiger partial charge in [0, 0.05) is 11.9 Å². The second-order valence-electron chi connectivity index (χ2n) is 8.58. The quantitative estimate of drug-likeness (QED) is 0.465. The highest BCUT2D eigenvalue weighted by atomic mass is 16.5. The molecule has 0 aliphatic carbocycles. The molecule has 1 aliphatic heterocycles. The third kappa shape index (κ3) is 5.09. The molecule has 0 unspecified atom stereocenters. The van der Waals surface area contributed by atoms with Crippen LogP contribution in [0.15, 0.2) is 72.9 Å². The van der Waals surface area contributed by atoms with Gasteiger partial charge >= 0.3 is 6.03 Å². The highest BCUT2D eigenvalue weighted by Crippen LogP contribution is 2.37. The van der Waals surface area contributed by atoms with Crippen LogP contribution in [0.5, 0.6) is 5.75 Å². The maximum absolute atomic E-state index is 14.0. The molecule has 0 radical (unpaired) electrons. The van der Waals surface area contributed by atoms with Crippen molar-refractivity contribution in [1.29, 1.82) is 0 Å². The molecule has 1 N–H and O–H groups in total. The van der Waals surface area contributed by atoms with Crippen LogP contribution in [0, 0.1) is 5.41 Å². The van der Waals surface area contributed by atoms with Crippen molar-refractivity contribution in [3.8, 4) is 5.75 Å². The van der Waals surface area contributed by atoms with Gasteiger partial charge in [-0.1, -0.05) is 37.3 Å². The molecule has 2 heterocycles. The summed E-state index contributed by atoms with van der Waals surface area (Å²) in [5, 5.41) is 2.45. The van der Waals surface area contributed by atoms with Crippen LogP contribution in [0.4, 0.5) is 10.5 Å². The van der Waals surface area contributed by atoms with Crippen molar-refractivity contribution >= 4 is 23.5 Å². The molecule has 1 atom stereocenters. The number of nitrogens with zero attached hydrogens (tertiary/aromatic N) is 2. The minimum absolute atomic E-state index is 0.147. The molecule has 0 spiro atoms. The van der Waals surface area contributed by atoms with Crippen LogP contribution in [0.3, 0.4) is 0 Å². The normalized spacial score (nSPS) is 17.9. The minimum atomic E-state index is -1.47. The Morgan fingerprint density at radius 1 is 0.914 bits per heavy atom. The van der Waals surface area contributed by atoms with Gasteiger partial charge in [-0.2, -0.15) is 0 Å². The van der Waals surface area contributed by atoms with Gasteiger partial charge in [-0.3, -0.25) is 19.9 Å². The number of aromatic nitrogens is 1. The number of anilines is 1. The Bertz CT molecular complexity index is 1190. The largest absolute Gasteiger partial charge is 0.494 e. The van der Waals surface area contributed by atoms with Crippen LogP contribution in [0.2, 0.25) is 0 Å². The summed E-state index contributed by atoms with van der Waals surface area (Å²) < 4.78 is 5.52. The molecular weight excluding hydrogens is 442 g/mol. The van der Waals surface area contributed by atoms with E-state index in [1.54, 1.807) is 18.3 Å². The lowest BCUT2D eigenvalue weighted by Gasteiger charge is -2.39. The summed E-state index contributed by atoms with van der Waals surface area (Å²) in [6, 6.07) is 19.4. The number of barbiturate groups is 1. The minimum Gasteiger partial charge on any atom is -0.494 e. The molecule has 0 saturated carbocycles. The number of ether oxygens (including phenoxy) is 1. The first-order valence-corrected chi connectivity index (χ1v) is 11.9.